The van der Waals surface area contributed by atoms with E-state index in [2.05, 4.69) is 0 Å². The van der Waals surface area contributed by atoms with Gasteiger partial charge < -0.3 is 9.47 Å². The van der Waals surface area contributed by atoms with Crippen LogP contribution in [0.1, 0.15) is 25.7 Å². The Morgan fingerprint density at radius 3 is 2.85 bits per heavy atom. The largest absolute Gasteiger partial charge is 0.493 e. The first-order chi connectivity index (χ1) is 9.61. The molecule has 0 aliphatic heterocycles. The summed E-state index contributed by atoms with van der Waals surface area (Å²) in [6.45, 7) is 0.389. The minimum atomic E-state index is -0.508. The van der Waals surface area contributed by atoms with Crippen molar-refractivity contribution in [2.75, 3.05) is 13.7 Å². The number of methoxy groups -OCH3 is 1. The zero-order valence-corrected chi connectivity index (χ0v) is 11.3. The predicted molar refractivity (Wildman–Crippen MR) is 72.1 cm³/mol. The summed E-state index contributed by atoms with van der Waals surface area (Å²) in [7, 11) is 1.38. The summed E-state index contributed by atoms with van der Waals surface area (Å²) in [5.41, 5.74) is -0.123. The molecule has 0 bridgehead atoms. The van der Waals surface area contributed by atoms with Crippen LogP contribution in [0.5, 0.6) is 11.5 Å². The molecule has 1 atom stereocenters. The maximum Gasteiger partial charge on any atom is 0.314 e. The van der Waals surface area contributed by atoms with Gasteiger partial charge in [-0.15, -0.1) is 0 Å². The number of carbonyl (C=O) groups excluding carboxylic acids is 1. The van der Waals surface area contributed by atoms with E-state index in [-0.39, 0.29) is 17.4 Å². The Labute approximate surface area is 116 Å². The molecule has 1 fully saturated rings. The third-order valence-corrected chi connectivity index (χ3v) is 3.51. The lowest BCUT2D eigenvalue weighted by molar-refractivity contribution is -0.385. The first-order valence-electron chi connectivity index (χ1n) is 6.59. The molecule has 108 valence electrons. The van der Waals surface area contributed by atoms with E-state index in [4.69, 9.17) is 9.47 Å². The second-order valence-corrected chi connectivity index (χ2v) is 4.78. The second-order valence-electron chi connectivity index (χ2n) is 4.78. The molecule has 1 aromatic carbocycles. The van der Waals surface area contributed by atoms with Crippen molar-refractivity contribution in [3.63, 3.8) is 0 Å². The van der Waals surface area contributed by atoms with Gasteiger partial charge in [0.15, 0.2) is 5.75 Å². The molecule has 0 heterocycles. The fourth-order valence-corrected chi connectivity index (χ4v) is 2.41. The molecule has 0 N–H and O–H groups in total. The van der Waals surface area contributed by atoms with E-state index < -0.39 is 4.92 Å². The maximum absolute atomic E-state index is 11.5. The quantitative estimate of drug-likeness (QED) is 0.591. The topological polar surface area (TPSA) is 78.7 Å². The Morgan fingerprint density at radius 1 is 1.45 bits per heavy atom. The molecule has 0 radical (unpaired) electrons. The Morgan fingerprint density at radius 2 is 2.25 bits per heavy atom. The van der Waals surface area contributed by atoms with Crippen LogP contribution in [0.25, 0.3) is 0 Å². The molecule has 1 aromatic rings. The zero-order chi connectivity index (χ0) is 14.5. The Bertz CT molecular complexity index is 514. The van der Waals surface area contributed by atoms with Gasteiger partial charge in [0.1, 0.15) is 11.5 Å². The molecular formula is C14H17NO5. The van der Waals surface area contributed by atoms with Crippen LogP contribution in [0.3, 0.4) is 0 Å². The van der Waals surface area contributed by atoms with Gasteiger partial charge in [-0.05, 0) is 31.4 Å². The minimum Gasteiger partial charge on any atom is -0.493 e. The third kappa shape index (κ3) is 3.26. The lowest BCUT2D eigenvalue weighted by Gasteiger charge is -2.10. The van der Waals surface area contributed by atoms with Crippen molar-refractivity contribution in [1.82, 2.24) is 0 Å². The molecule has 6 heteroatoms. The molecule has 0 spiro atoms. The number of nitrogens with zero attached hydrogens (tertiary/aromatic N) is 1. The van der Waals surface area contributed by atoms with Crippen LogP contribution in [-0.2, 0) is 4.79 Å². The molecule has 0 aromatic heterocycles. The molecule has 1 unspecified atom stereocenters. The van der Waals surface area contributed by atoms with E-state index in [1.165, 1.54) is 19.2 Å². The van der Waals surface area contributed by atoms with Crippen LogP contribution < -0.4 is 9.47 Å². The van der Waals surface area contributed by atoms with E-state index in [9.17, 15) is 14.9 Å². The monoisotopic (exact) mass is 279 g/mol. The van der Waals surface area contributed by atoms with Gasteiger partial charge in [0, 0.05) is 12.3 Å². The zero-order valence-electron chi connectivity index (χ0n) is 11.3. The number of carbonyl (C=O) groups is 1. The molecular weight excluding hydrogens is 262 g/mol. The first-order valence-corrected chi connectivity index (χ1v) is 6.59. The normalized spacial score (nSPS) is 18.1. The van der Waals surface area contributed by atoms with Crippen LogP contribution in [0.2, 0.25) is 0 Å². The average molecular weight is 279 g/mol. The van der Waals surface area contributed by atoms with Crippen molar-refractivity contribution in [1.29, 1.82) is 0 Å². The summed E-state index contributed by atoms with van der Waals surface area (Å²) in [6, 6.07) is 4.48. The number of nitro groups is 1. The summed E-state index contributed by atoms with van der Waals surface area (Å²) in [4.78, 5) is 21.9. The molecule has 1 saturated carbocycles. The third-order valence-electron chi connectivity index (χ3n) is 3.51. The number of rotatable bonds is 6. The molecule has 1 aliphatic carbocycles. The second kappa shape index (κ2) is 6.36. The highest BCUT2D eigenvalue weighted by atomic mass is 16.6. The maximum atomic E-state index is 11.5. The van der Waals surface area contributed by atoms with E-state index in [1.807, 2.05) is 0 Å². The number of hydrogen-bond donors (Lipinski definition) is 0. The van der Waals surface area contributed by atoms with Crippen LogP contribution >= 0.6 is 0 Å². The molecule has 2 rings (SSSR count). The molecule has 20 heavy (non-hydrogen) atoms. The van der Waals surface area contributed by atoms with Crippen molar-refractivity contribution in [2.45, 2.75) is 25.7 Å². The van der Waals surface area contributed by atoms with Gasteiger partial charge in [0.25, 0.3) is 0 Å². The van der Waals surface area contributed by atoms with Crippen molar-refractivity contribution in [2.24, 2.45) is 5.92 Å². The van der Waals surface area contributed by atoms with Crippen molar-refractivity contribution in [3.8, 4) is 11.5 Å². The fourth-order valence-electron chi connectivity index (χ4n) is 2.41. The van der Waals surface area contributed by atoms with Gasteiger partial charge in [-0.25, -0.2) is 0 Å². The molecule has 0 amide bonds. The van der Waals surface area contributed by atoms with Crippen LogP contribution in [-0.4, -0.2) is 24.4 Å². The highest BCUT2D eigenvalue weighted by Gasteiger charge is 2.24. The van der Waals surface area contributed by atoms with E-state index in [1.54, 1.807) is 6.07 Å². The lowest BCUT2D eigenvalue weighted by atomic mass is 10.0. The van der Waals surface area contributed by atoms with Crippen molar-refractivity contribution >= 4 is 11.5 Å². The summed E-state index contributed by atoms with van der Waals surface area (Å²) < 4.78 is 10.4. The Hall–Kier alpha value is -2.11. The standard InChI is InChI=1S/C14H17NO5/c1-19-14-6-5-11(9-12(14)15(17)18)20-8-7-10-3-2-4-13(10)16/h5-6,9-10H,2-4,7-8H2,1H3. The number of Topliss-reactive ketones (excluding diaryl/α,β-unsaturated/α-hetero) is 1. The Kier molecular flexibility index (Phi) is 4.55. The lowest BCUT2D eigenvalue weighted by Crippen LogP contribution is -2.11. The number of ketones is 1. The first kappa shape index (κ1) is 14.3. The molecule has 0 saturated heterocycles. The number of hydrogen-bond acceptors (Lipinski definition) is 5. The minimum absolute atomic E-state index is 0.0863. The number of ether oxygens (including phenoxy) is 2. The van der Waals surface area contributed by atoms with Crippen LogP contribution in [0, 0.1) is 16.0 Å². The Balaban J connectivity index is 1.94. The van der Waals surface area contributed by atoms with Crippen LogP contribution in [0.15, 0.2) is 18.2 Å². The molecule has 6 nitrogen and oxygen atoms in total. The number of benzene rings is 1. The van der Waals surface area contributed by atoms with E-state index >= 15 is 0 Å². The van der Waals surface area contributed by atoms with Crippen molar-refractivity contribution in [3.05, 3.63) is 28.3 Å². The SMILES string of the molecule is COc1ccc(OCCC2CCCC2=O)cc1[N+](=O)[O-]. The smallest absolute Gasteiger partial charge is 0.314 e. The highest BCUT2D eigenvalue weighted by Crippen LogP contribution is 2.31. The molecule has 1 aliphatic rings. The predicted octanol–water partition coefficient (Wildman–Crippen LogP) is 2.74. The average Bonchev–Trinajstić information content (AvgIpc) is 2.84. The van der Waals surface area contributed by atoms with Gasteiger partial charge in [-0.1, -0.05) is 0 Å². The van der Waals surface area contributed by atoms with E-state index in [0.29, 0.717) is 31.0 Å². The van der Waals surface area contributed by atoms with E-state index in [0.717, 1.165) is 12.8 Å². The van der Waals surface area contributed by atoms with Gasteiger partial charge in [0.05, 0.1) is 24.7 Å². The highest BCUT2D eigenvalue weighted by molar-refractivity contribution is 5.82. The van der Waals surface area contributed by atoms with Gasteiger partial charge in [-0.3, -0.25) is 14.9 Å². The summed E-state index contributed by atoms with van der Waals surface area (Å²) >= 11 is 0. The van der Waals surface area contributed by atoms with Gasteiger partial charge in [-0.2, -0.15) is 0 Å². The number of nitro benzene ring substituents is 1. The van der Waals surface area contributed by atoms with Crippen molar-refractivity contribution < 1.29 is 19.2 Å². The van der Waals surface area contributed by atoms with Crippen LogP contribution in [0.4, 0.5) is 5.69 Å². The van der Waals surface area contributed by atoms with Gasteiger partial charge in [0.2, 0.25) is 0 Å². The fraction of sp³-hybridized carbons (Fsp3) is 0.500. The summed E-state index contributed by atoms with van der Waals surface area (Å²) in [5.74, 6) is 1.01. The summed E-state index contributed by atoms with van der Waals surface area (Å²) in [6.07, 6.45) is 3.21. The van der Waals surface area contributed by atoms with Gasteiger partial charge >= 0.3 is 5.69 Å². The summed E-state index contributed by atoms with van der Waals surface area (Å²) in [5, 5.41) is 10.9.